The lowest BCUT2D eigenvalue weighted by atomic mass is 10.3. The maximum absolute atomic E-state index is 10.6. The lowest BCUT2D eigenvalue weighted by Crippen LogP contribution is -2.22. The Balaban J connectivity index is 3.60. The van der Waals surface area contributed by atoms with E-state index in [1.807, 2.05) is 6.92 Å². The first kappa shape index (κ1) is 9.94. The molecule has 0 aromatic carbocycles. The van der Waals surface area contributed by atoms with Crippen molar-refractivity contribution in [1.29, 1.82) is 0 Å². The maximum atomic E-state index is 10.6. The number of carbonyl (C=O) groups is 1. The third-order valence-electron chi connectivity index (χ3n) is 1.07. The van der Waals surface area contributed by atoms with Gasteiger partial charge in [0.15, 0.2) is 0 Å². The van der Waals surface area contributed by atoms with E-state index in [2.05, 4.69) is 22.2 Å². The van der Waals surface area contributed by atoms with Crippen molar-refractivity contribution in [2.75, 3.05) is 6.54 Å². The Morgan fingerprint density at radius 1 is 1.73 bits per heavy atom. The first-order chi connectivity index (χ1) is 5.20. The van der Waals surface area contributed by atoms with Gasteiger partial charge >= 0.3 is 6.09 Å². The normalized spacial score (nSPS) is 11.0. The van der Waals surface area contributed by atoms with Crippen LogP contribution >= 0.6 is 0 Å². The maximum Gasteiger partial charge on any atom is 0.433 e. The van der Waals surface area contributed by atoms with Gasteiger partial charge in [0.2, 0.25) is 0 Å². The van der Waals surface area contributed by atoms with Crippen LogP contribution in [0.3, 0.4) is 0 Å². The van der Waals surface area contributed by atoms with Crippen molar-refractivity contribution < 1.29 is 9.63 Å². The Morgan fingerprint density at radius 2 is 2.36 bits per heavy atom. The molecule has 11 heavy (non-hydrogen) atoms. The Morgan fingerprint density at radius 3 is 2.82 bits per heavy atom. The van der Waals surface area contributed by atoms with E-state index in [9.17, 15) is 4.79 Å². The molecule has 1 radical (unpaired) electrons. The van der Waals surface area contributed by atoms with Gasteiger partial charge in [-0.3, -0.25) is 4.84 Å². The second-order valence-corrected chi connectivity index (χ2v) is 1.99. The number of oxime groups is 1. The van der Waals surface area contributed by atoms with Crippen LogP contribution < -0.4 is 5.32 Å². The van der Waals surface area contributed by atoms with Crippen LogP contribution in [0.25, 0.3) is 0 Å². The largest absolute Gasteiger partial charge is 0.433 e. The predicted molar refractivity (Wildman–Crippen MR) is 43.2 cm³/mol. The van der Waals surface area contributed by atoms with Gasteiger partial charge in [0.1, 0.15) is 0 Å². The second kappa shape index (κ2) is 5.70. The van der Waals surface area contributed by atoms with Crippen molar-refractivity contribution in [3.8, 4) is 0 Å². The highest BCUT2D eigenvalue weighted by Gasteiger charge is 1.96. The van der Waals surface area contributed by atoms with E-state index in [-0.39, 0.29) is 0 Å². The topological polar surface area (TPSA) is 50.7 Å². The number of hydrogen-bond donors (Lipinski definition) is 1. The molecule has 0 atom stereocenters. The number of rotatable bonds is 3. The monoisotopic (exact) mass is 157 g/mol. The van der Waals surface area contributed by atoms with Gasteiger partial charge in [-0.25, -0.2) is 4.79 Å². The molecule has 0 rings (SSSR count). The molecule has 0 aliphatic carbocycles. The molecule has 0 fully saturated rings. The predicted octanol–water partition coefficient (Wildman–Crippen LogP) is 1.33. The molecule has 0 aromatic heterocycles. The van der Waals surface area contributed by atoms with Crippen LogP contribution in [0, 0.1) is 6.92 Å². The highest BCUT2D eigenvalue weighted by Crippen LogP contribution is 1.86. The Labute approximate surface area is 66.6 Å². The van der Waals surface area contributed by atoms with Crippen LogP contribution in [-0.4, -0.2) is 18.3 Å². The van der Waals surface area contributed by atoms with Crippen molar-refractivity contribution in [1.82, 2.24) is 5.32 Å². The molecule has 0 aromatic rings. The zero-order valence-corrected chi connectivity index (χ0v) is 6.89. The van der Waals surface area contributed by atoms with E-state index in [1.54, 1.807) is 6.92 Å². The van der Waals surface area contributed by atoms with Crippen LogP contribution in [0.2, 0.25) is 0 Å². The van der Waals surface area contributed by atoms with Crippen LogP contribution in [0.15, 0.2) is 5.16 Å². The summed E-state index contributed by atoms with van der Waals surface area (Å²) in [5.74, 6) is 0. The van der Waals surface area contributed by atoms with Crippen molar-refractivity contribution in [3.63, 3.8) is 0 Å². The van der Waals surface area contributed by atoms with Gasteiger partial charge in [0.05, 0.1) is 5.71 Å². The lowest BCUT2D eigenvalue weighted by molar-refractivity contribution is 0.151. The minimum Gasteiger partial charge on any atom is -0.320 e. The molecule has 0 aliphatic heterocycles. The zero-order chi connectivity index (χ0) is 8.69. The van der Waals surface area contributed by atoms with E-state index in [0.29, 0.717) is 6.54 Å². The summed E-state index contributed by atoms with van der Waals surface area (Å²) in [5.41, 5.74) is 0.782. The van der Waals surface area contributed by atoms with Gasteiger partial charge in [0.25, 0.3) is 0 Å². The summed E-state index contributed by atoms with van der Waals surface area (Å²) in [4.78, 5) is 15.0. The van der Waals surface area contributed by atoms with Crippen molar-refractivity contribution in [2.24, 2.45) is 5.16 Å². The minimum absolute atomic E-state index is 0.305. The number of nitrogens with one attached hydrogen (secondary N) is 1. The molecule has 0 bridgehead atoms. The summed E-state index contributed by atoms with van der Waals surface area (Å²) in [6.07, 6.45) is 0.213. The van der Waals surface area contributed by atoms with Crippen LogP contribution in [0.5, 0.6) is 0 Å². The third-order valence-corrected chi connectivity index (χ3v) is 1.07. The van der Waals surface area contributed by atoms with Crippen molar-refractivity contribution in [2.45, 2.75) is 20.3 Å². The standard InChI is InChI=1S/C7H13N2O2/c1-4-6(3)9-11-7(10)8-5-2/h2,4-5H2,1,3H3,(H,8,10). The summed E-state index contributed by atoms with van der Waals surface area (Å²) in [7, 11) is 0. The quantitative estimate of drug-likeness (QED) is 0.381. The molecule has 0 spiro atoms. The SMILES string of the molecule is [CH2]CNC(=O)ON=C(C)CC. The first-order valence-corrected chi connectivity index (χ1v) is 3.48. The molecule has 0 unspecified atom stereocenters. The van der Waals surface area contributed by atoms with Crippen molar-refractivity contribution in [3.05, 3.63) is 6.92 Å². The molecule has 0 heterocycles. The average Bonchev–Trinajstić information content (AvgIpc) is 2.01. The molecule has 4 heteroatoms. The molecule has 63 valence electrons. The molecular weight excluding hydrogens is 144 g/mol. The van der Waals surface area contributed by atoms with Gasteiger partial charge in [-0.15, -0.1) is 0 Å². The summed E-state index contributed by atoms with van der Waals surface area (Å²) < 4.78 is 0. The molecule has 0 saturated heterocycles. The van der Waals surface area contributed by atoms with Gasteiger partial charge < -0.3 is 5.32 Å². The van der Waals surface area contributed by atoms with Crippen molar-refractivity contribution >= 4 is 11.8 Å². The van der Waals surface area contributed by atoms with E-state index < -0.39 is 6.09 Å². The Kier molecular flexibility index (Phi) is 5.15. The van der Waals surface area contributed by atoms with Gasteiger partial charge in [-0.1, -0.05) is 12.1 Å². The minimum atomic E-state index is -0.562. The molecule has 0 saturated carbocycles. The van der Waals surface area contributed by atoms with Crippen LogP contribution in [0.4, 0.5) is 4.79 Å². The van der Waals surface area contributed by atoms with Gasteiger partial charge in [-0.2, -0.15) is 0 Å². The summed E-state index contributed by atoms with van der Waals surface area (Å²) in [6.45, 7) is 7.44. The van der Waals surface area contributed by atoms with Gasteiger partial charge in [-0.05, 0) is 20.3 Å². The first-order valence-electron chi connectivity index (χ1n) is 3.48. The number of amides is 1. The fourth-order valence-corrected chi connectivity index (χ4v) is 0.318. The fourth-order valence-electron chi connectivity index (χ4n) is 0.318. The van der Waals surface area contributed by atoms with Crippen LogP contribution in [-0.2, 0) is 4.84 Å². The zero-order valence-electron chi connectivity index (χ0n) is 6.89. The molecule has 0 aliphatic rings. The lowest BCUT2D eigenvalue weighted by Gasteiger charge is -1.98. The molecule has 1 N–H and O–H groups in total. The highest BCUT2D eigenvalue weighted by atomic mass is 16.7. The third kappa shape index (κ3) is 5.39. The fraction of sp³-hybridized carbons (Fsp3) is 0.571. The smallest absolute Gasteiger partial charge is 0.320 e. The van der Waals surface area contributed by atoms with E-state index in [1.165, 1.54) is 0 Å². The average molecular weight is 157 g/mol. The molecule has 1 amide bonds. The molecule has 4 nitrogen and oxygen atoms in total. The Hall–Kier alpha value is -1.06. The van der Waals surface area contributed by atoms with Crippen LogP contribution in [0.1, 0.15) is 20.3 Å². The Bertz CT molecular complexity index is 155. The van der Waals surface area contributed by atoms with E-state index >= 15 is 0 Å². The molecular formula is C7H13N2O2. The van der Waals surface area contributed by atoms with E-state index in [0.717, 1.165) is 12.1 Å². The van der Waals surface area contributed by atoms with Gasteiger partial charge in [0, 0.05) is 6.54 Å². The summed E-state index contributed by atoms with van der Waals surface area (Å²) in [6, 6.07) is 0. The number of nitrogens with zero attached hydrogens (tertiary/aromatic N) is 1. The number of hydrogen-bond acceptors (Lipinski definition) is 3. The number of carbonyl (C=O) groups excluding carboxylic acids is 1. The summed E-state index contributed by atoms with van der Waals surface area (Å²) in [5, 5.41) is 5.88. The van der Waals surface area contributed by atoms with E-state index in [4.69, 9.17) is 0 Å². The summed E-state index contributed by atoms with van der Waals surface area (Å²) >= 11 is 0. The highest BCUT2D eigenvalue weighted by molar-refractivity contribution is 5.81. The second-order valence-electron chi connectivity index (χ2n) is 1.99.